The normalized spacial score (nSPS) is 10.4. The molecule has 0 atom stereocenters. The van der Waals surface area contributed by atoms with E-state index in [1.54, 1.807) is 0 Å². The van der Waals surface area contributed by atoms with E-state index in [9.17, 15) is 4.79 Å². The summed E-state index contributed by atoms with van der Waals surface area (Å²) in [6.45, 7) is 3.68. The van der Waals surface area contributed by atoms with E-state index in [0.717, 1.165) is 11.3 Å². The largest absolute Gasteiger partial charge is 0.379 e. The minimum atomic E-state index is -0.506. The molecule has 0 saturated carbocycles. The number of aromatic nitrogens is 4. The Bertz CT molecular complexity index is 528. The molecular formula is C8H10N6O2. The van der Waals surface area contributed by atoms with E-state index in [1.807, 2.05) is 13.8 Å². The van der Waals surface area contributed by atoms with Crippen LogP contribution in [-0.4, -0.2) is 26.4 Å². The molecule has 16 heavy (non-hydrogen) atoms. The number of rotatable bonds is 2. The van der Waals surface area contributed by atoms with Gasteiger partial charge in [0.15, 0.2) is 5.82 Å². The molecule has 8 heteroatoms. The molecule has 0 saturated heterocycles. The van der Waals surface area contributed by atoms with Gasteiger partial charge in [-0.15, -0.1) is 0 Å². The Balaban J connectivity index is 2.20. The Kier molecular flexibility index (Phi) is 2.31. The lowest BCUT2D eigenvalue weighted by molar-refractivity contribution is 0.101. The number of carbonyl (C=O) groups excluding carboxylic acids is 1. The topological polar surface area (TPSA) is 123 Å². The highest BCUT2D eigenvalue weighted by Gasteiger charge is 2.18. The second-order valence-electron chi connectivity index (χ2n) is 3.27. The number of nitrogens with two attached hydrogens (primary N) is 1. The van der Waals surface area contributed by atoms with Gasteiger partial charge < -0.3 is 11.1 Å². The van der Waals surface area contributed by atoms with Crippen molar-refractivity contribution in [3.8, 4) is 0 Å². The summed E-state index contributed by atoms with van der Waals surface area (Å²) in [5, 5.41) is 15.9. The predicted octanol–water partition coefficient (Wildman–Crippen LogP) is 0.244. The zero-order valence-corrected chi connectivity index (χ0v) is 8.74. The molecule has 0 aromatic carbocycles. The fourth-order valence-electron chi connectivity index (χ4n) is 1.13. The van der Waals surface area contributed by atoms with Crippen molar-refractivity contribution >= 4 is 17.5 Å². The standard InChI is InChI=1S/C8H10N6O2/c1-3-4(2)11-12-7(3)10-8(15)5-6(9)14-16-13-5/h1-2H3,(H2,9,14)(H2,10,11,12,15). The monoisotopic (exact) mass is 222 g/mol. The number of nitrogens with one attached hydrogen (secondary N) is 2. The molecule has 8 nitrogen and oxygen atoms in total. The fraction of sp³-hybridized carbons (Fsp3) is 0.250. The molecule has 0 fully saturated rings. The van der Waals surface area contributed by atoms with Crippen LogP contribution in [-0.2, 0) is 0 Å². The van der Waals surface area contributed by atoms with E-state index < -0.39 is 5.91 Å². The van der Waals surface area contributed by atoms with Gasteiger partial charge in [0.05, 0.1) is 0 Å². The molecule has 2 aromatic rings. The number of nitrogen functional groups attached to an aromatic ring is 1. The van der Waals surface area contributed by atoms with Crippen molar-refractivity contribution in [1.82, 2.24) is 20.5 Å². The smallest absolute Gasteiger partial charge is 0.283 e. The van der Waals surface area contributed by atoms with Gasteiger partial charge in [0.2, 0.25) is 11.5 Å². The van der Waals surface area contributed by atoms with Crippen molar-refractivity contribution in [1.29, 1.82) is 0 Å². The van der Waals surface area contributed by atoms with Gasteiger partial charge in [-0.25, -0.2) is 4.63 Å². The van der Waals surface area contributed by atoms with Gasteiger partial charge in [-0.1, -0.05) is 0 Å². The summed E-state index contributed by atoms with van der Waals surface area (Å²) in [6, 6.07) is 0. The van der Waals surface area contributed by atoms with Crippen LogP contribution in [0.5, 0.6) is 0 Å². The first-order valence-electron chi connectivity index (χ1n) is 4.50. The van der Waals surface area contributed by atoms with Crippen molar-refractivity contribution < 1.29 is 9.42 Å². The lowest BCUT2D eigenvalue weighted by Crippen LogP contribution is -2.15. The summed E-state index contributed by atoms with van der Waals surface area (Å²) in [5.41, 5.74) is 7.05. The van der Waals surface area contributed by atoms with Crippen LogP contribution < -0.4 is 11.1 Å². The fourth-order valence-corrected chi connectivity index (χ4v) is 1.13. The van der Waals surface area contributed by atoms with Crippen molar-refractivity contribution in [3.63, 3.8) is 0 Å². The van der Waals surface area contributed by atoms with Crippen molar-refractivity contribution in [2.45, 2.75) is 13.8 Å². The SMILES string of the molecule is Cc1[nH]nc(NC(=O)c2nonc2N)c1C. The maximum Gasteiger partial charge on any atom is 0.283 e. The maximum atomic E-state index is 11.7. The first-order valence-corrected chi connectivity index (χ1v) is 4.50. The lowest BCUT2D eigenvalue weighted by atomic mass is 10.3. The minimum absolute atomic E-state index is 0.0533. The average Bonchev–Trinajstić information content (AvgIpc) is 2.79. The zero-order chi connectivity index (χ0) is 11.7. The summed E-state index contributed by atoms with van der Waals surface area (Å²) in [4.78, 5) is 11.7. The van der Waals surface area contributed by atoms with Gasteiger partial charge in [-0.2, -0.15) is 5.10 Å². The third-order valence-corrected chi connectivity index (χ3v) is 2.21. The van der Waals surface area contributed by atoms with Crippen LogP contribution in [0.2, 0.25) is 0 Å². The summed E-state index contributed by atoms with van der Waals surface area (Å²) in [6.07, 6.45) is 0. The van der Waals surface area contributed by atoms with Crippen molar-refractivity contribution in [3.05, 3.63) is 17.0 Å². The van der Waals surface area contributed by atoms with Gasteiger partial charge in [-0.05, 0) is 24.2 Å². The van der Waals surface area contributed by atoms with Crippen LogP contribution in [0.3, 0.4) is 0 Å². The molecule has 0 radical (unpaired) electrons. The number of amides is 1. The van der Waals surface area contributed by atoms with Crippen LogP contribution in [0.15, 0.2) is 4.63 Å². The quantitative estimate of drug-likeness (QED) is 0.669. The summed E-state index contributed by atoms with van der Waals surface area (Å²) >= 11 is 0. The molecule has 0 aliphatic carbocycles. The van der Waals surface area contributed by atoms with Crippen LogP contribution in [0.25, 0.3) is 0 Å². The number of anilines is 2. The number of nitrogens with zero attached hydrogens (tertiary/aromatic N) is 3. The zero-order valence-electron chi connectivity index (χ0n) is 8.74. The Morgan fingerprint density at radius 2 is 2.19 bits per heavy atom. The molecule has 84 valence electrons. The number of H-pyrrole nitrogens is 1. The highest BCUT2D eigenvalue weighted by Crippen LogP contribution is 2.15. The van der Waals surface area contributed by atoms with Gasteiger partial charge >= 0.3 is 0 Å². The second kappa shape index (κ2) is 3.65. The van der Waals surface area contributed by atoms with Gasteiger partial charge in [0.1, 0.15) is 0 Å². The van der Waals surface area contributed by atoms with E-state index in [0.29, 0.717) is 5.82 Å². The molecular weight excluding hydrogens is 212 g/mol. The van der Waals surface area contributed by atoms with E-state index in [1.165, 1.54) is 0 Å². The number of aromatic amines is 1. The molecule has 0 aliphatic heterocycles. The molecule has 0 bridgehead atoms. The summed E-state index contributed by atoms with van der Waals surface area (Å²) < 4.78 is 4.33. The molecule has 0 spiro atoms. The molecule has 1 amide bonds. The third kappa shape index (κ3) is 1.60. The Hall–Kier alpha value is -2.38. The molecule has 0 unspecified atom stereocenters. The number of hydrogen-bond donors (Lipinski definition) is 3. The van der Waals surface area contributed by atoms with Crippen LogP contribution in [0, 0.1) is 13.8 Å². The number of hydrogen-bond acceptors (Lipinski definition) is 6. The lowest BCUT2D eigenvalue weighted by Gasteiger charge is -1.99. The second-order valence-corrected chi connectivity index (χ2v) is 3.27. The molecule has 2 rings (SSSR count). The van der Waals surface area contributed by atoms with Crippen LogP contribution >= 0.6 is 0 Å². The Labute approximate surface area is 90.2 Å². The van der Waals surface area contributed by atoms with Gasteiger partial charge in [0.25, 0.3) is 5.91 Å². The Morgan fingerprint density at radius 3 is 2.69 bits per heavy atom. The van der Waals surface area contributed by atoms with Crippen LogP contribution in [0.1, 0.15) is 21.7 Å². The predicted molar refractivity (Wildman–Crippen MR) is 54.7 cm³/mol. The van der Waals surface area contributed by atoms with E-state index in [-0.39, 0.29) is 11.5 Å². The minimum Gasteiger partial charge on any atom is -0.379 e. The third-order valence-electron chi connectivity index (χ3n) is 2.21. The average molecular weight is 222 g/mol. The first kappa shape index (κ1) is 10.1. The summed E-state index contributed by atoms with van der Waals surface area (Å²) in [7, 11) is 0. The van der Waals surface area contributed by atoms with Gasteiger partial charge in [-0.3, -0.25) is 9.89 Å². The number of aryl methyl sites for hydroxylation is 1. The maximum absolute atomic E-state index is 11.7. The summed E-state index contributed by atoms with van der Waals surface area (Å²) in [5.74, 6) is -0.124. The highest BCUT2D eigenvalue weighted by molar-refractivity contribution is 6.05. The van der Waals surface area contributed by atoms with Gasteiger partial charge in [0, 0.05) is 11.3 Å². The van der Waals surface area contributed by atoms with Crippen LogP contribution in [0.4, 0.5) is 11.6 Å². The number of carbonyl (C=O) groups is 1. The van der Waals surface area contributed by atoms with E-state index in [2.05, 4.69) is 30.5 Å². The highest BCUT2D eigenvalue weighted by atomic mass is 16.6. The van der Waals surface area contributed by atoms with E-state index >= 15 is 0 Å². The first-order chi connectivity index (χ1) is 7.59. The molecule has 2 heterocycles. The van der Waals surface area contributed by atoms with E-state index in [4.69, 9.17) is 5.73 Å². The molecule has 2 aromatic heterocycles. The molecule has 4 N–H and O–H groups in total. The van der Waals surface area contributed by atoms with Crippen molar-refractivity contribution in [2.24, 2.45) is 0 Å². The molecule has 0 aliphatic rings. The Morgan fingerprint density at radius 1 is 1.44 bits per heavy atom. The van der Waals surface area contributed by atoms with Crippen molar-refractivity contribution in [2.75, 3.05) is 11.1 Å².